The van der Waals surface area contributed by atoms with Crippen molar-refractivity contribution in [3.05, 3.63) is 82.9 Å². The number of aliphatic hydroxyl groups excluding tert-OH is 2. The van der Waals surface area contributed by atoms with E-state index in [2.05, 4.69) is 15.3 Å². The van der Waals surface area contributed by atoms with Gasteiger partial charge in [-0.3, -0.25) is 0 Å². The Balaban J connectivity index is 1.52. The highest BCUT2D eigenvalue weighted by Gasteiger charge is 2.42. The number of halogens is 2. The summed E-state index contributed by atoms with van der Waals surface area (Å²) in [4.78, 5) is 8.79. The van der Waals surface area contributed by atoms with Crippen LogP contribution in [0.15, 0.2) is 60.8 Å². The van der Waals surface area contributed by atoms with E-state index in [0.29, 0.717) is 35.8 Å². The Kier molecular flexibility index (Phi) is 6.92. The number of hydrogen-bond acceptors (Lipinski definition) is 5. The maximum absolute atomic E-state index is 14.2. The summed E-state index contributed by atoms with van der Waals surface area (Å²) in [5.41, 5.74) is 2.20. The summed E-state index contributed by atoms with van der Waals surface area (Å²) >= 11 is 5.96. The lowest BCUT2D eigenvalue weighted by molar-refractivity contribution is 0.0716. The van der Waals surface area contributed by atoms with Crippen LogP contribution in [0.5, 0.6) is 0 Å². The fourth-order valence-electron chi connectivity index (χ4n) is 4.35. The van der Waals surface area contributed by atoms with Crippen LogP contribution < -0.4 is 5.32 Å². The highest BCUT2D eigenvalue weighted by atomic mass is 35.5. The maximum atomic E-state index is 14.2. The average molecular weight is 442 g/mol. The van der Waals surface area contributed by atoms with Crippen LogP contribution in [0.25, 0.3) is 11.4 Å². The van der Waals surface area contributed by atoms with Gasteiger partial charge >= 0.3 is 0 Å². The second-order valence-corrected chi connectivity index (χ2v) is 8.42. The van der Waals surface area contributed by atoms with Gasteiger partial charge in [0.25, 0.3) is 0 Å². The van der Waals surface area contributed by atoms with E-state index in [1.807, 2.05) is 24.3 Å². The molecule has 1 aliphatic rings. The minimum absolute atomic E-state index is 0.00899. The summed E-state index contributed by atoms with van der Waals surface area (Å²) in [5, 5.41) is 24.6. The van der Waals surface area contributed by atoms with Crippen molar-refractivity contribution in [2.75, 3.05) is 6.61 Å². The zero-order valence-corrected chi connectivity index (χ0v) is 17.7. The van der Waals surface area contributed by atoms with Crippen LogP contribution in [0.1, 0.15) is 17.7 Å². The Hall–Kier alpha value is -2.38. The molecule has 31 heavy (non-hydrogen) atoms. The Labute approximate surface area is 186 Å². The second-order valence-electron chi connectivity index (χ2n) is 7.98. The molecule has 1 aromatic heterocycles. The molecule has 3 aromatic rings. The van der Waals surface area contributed by atoms with Crippen LogP contribution in [-0.2, 0) is 13.0 Å². The predicted molar refractivity (Wildman–Crippen MR) is 118 cm³/mol. The number of hydrogen-bond donors (Lipinski definition) is 3. The first-order valence-corrected chi connectivity index (χ1v) is 10.8. The average Bonchev–Trinajstić information content (AvgIpc) is 3.08. The lowest BCUT2D eigenvalue weighted by Crippen LogP contribution is -2.36. The molecule has 1 aliphatic carbocycles. The fourth-order valence-corrected chi connectivity index (χ4v) is 4.48. The van der Waals surface area contributed by atoms with Crippen LogP contribution in [-0.4, -0.2) is 38.9 Å². The zero-order chi connectivity index (χ0) is 21.8. The molecular formula is C24H25ClFN3O2. The van der Waals surface area contributed by atoms with E-state index in [1.165, 1.54) is 6.07 Å². The summed E-state index contributed by atoms with van der Waals surface area (Å²) in [6.45, 7) is 0.531. The second kappa shape index (κ2) is 9.83. The highest BCUT2D eigenvalue weighted by molar-refractivity contribution is 6.30. The molecule has 0 aliphatic heterocycles. The van der Waals surface area contributed by atoms with Gasteiger partial charge in [-0.2, -0.15) is 0 Å². The van der Waals surface area contributed by atoms with E-state index in [4.69, 9.17) is 11.6 Å². The van der Waals surface area contributed by atoms with Crippen LogP contribution >= 0.6 is 11.6 Å². The van der Waals surface area contributed by atoms with E-state index in [-0.39, 0.29) is 30.3 Å². The SMILES string of the molecule is OC[C@@H]1[C@@H](Cc2ccnc(-c3ccccc3F)n2)[C@H](NCc2ccc(Cl)cc2)C[C@H]1O. The Morgan fingerprint density at radius 2 is 1.84 bits per heavy atom. The smallest absolute Gasteiger partial charge is 0.162 e. The molecule has 1 heterocycles. The molecule has 0 bridgehead atoms. The van der Waals surface area contributed by atoms with Crippen molar-refractivity contribution in [1.82, 2.24) is 15.3 Å². The summed E-state index contributed by atoms with van der Waals surface area (Å²) in [6, 6.07) is 15.9. The van der Waals surface area contributed by atoms with Gasteiger partial charge in [-0.1, -0.05) is 35.9 Å². The summed E-state index contributed by atoms with van der Waals surface area (Å²) in [5.74, 6) is -0.308. The third kappa shape index (κ3) is 5.10. The Morgan fingerprint density at radius 3 is 2.58 bits per heavy atom. The highest BCUT2D eigenvalue weighted by Crippen LogP contribution is 2.35. The van der Waals surface area contributed by atoms with Gasteiger partial charge in [0, 0.05) is 42.0 Å². The van der Waals surface area contributed by atoms with E-state index >= 15 is 0 Å². The topological polar surface area (TPSA) is 78.3 Å². The van der Waals surface area contributed by atoms with Gasteiger partial charge in [-0.15, -0.1) is 0 Å². The zero-order valence-electron chi connectivity index (χ0n) is 17.0. The molecule has 7 heteroatoms. The number of aromatic nitrogens is 2. The predicted octanol–water partition coefficient (Wildman–Crippen LogP) is 3.63. The van der Waals surface area contributed by atoms with Crippen molar-refractivity contribution in [3.8, 4) is 11.4 Å². The van der Waals surface area contributed by atoms with E-state index in [9.17, 15) is 14.6 Å². The molecule has 0 unspecified atom stereocenters. The molecule has 5 nitrogen and oxygen atoms in total. The van der Waals surface area contributed by atoms with Crippen LogP contribution in [0.3, 0.4) is 0 Å². The third-order valence-corrected chi connectivity index (χ3v) is 6.27. The van der Waals surface area contributed by atoms with E-state index in [1.54, 1.807) is 30.5 Å². The molecule has 0 saturated heterocycles. The molecule has 1 saturated carbocycles. The first-order valence-electron chi connectivity index (χ1n) is 10.4. The van der Waals surface area contributed by atoms with Crippen molar-refractivity contribution < 1.29 is 14.6 Å². The lowest BCUT2D eigenvalue weighted by atomic mass is 9.88. The monoisotopic (exact) mass is 441 g/mol. The molecule has 0 spiro atoms. The van der Waals surface area contributed by atoms with Gasteiger partial charge in [0.2, 0.25) is 0 Å². The Bertz CT molecular complexity index is 1020. The summed E-state index contributed by atoms with van der Waals surface area (Å²) in [7, 11) is 0. The first kappa shape index (κ1) is 21.8. The minimum Gasteiger partial charge on any atom is -0.396 e. The number of benzene rings is 2. The molecule has 3 N–H and O–H groups in total. The number of nitrogens with zero attached hydrogens (tertiary/aromatic N) is 2. The van der Waals surface area contributed by atoms with Crippen molar-refractivity contribution in [1.29, 1.82) is 0 Å². The van der Waals surface area contributed by atoms with Crippen molar-refractivity contribution in [2.45, 2.75) is 31.5 Å². The van der Waals surface area contributed by atoms with E-state index < -0.39 is 6.10 Å². The summed E-state index contributed by atoms with van der Waals surface area (Å²) in [6.07, 6.45) is 2.13. The molecular weight excluding hydrogens is 417 g/mol. The number of nitrogens with one attached hydrogen (secondary N) is 1. The van der Waals surface area contributed by atoms with Crippen LogP contribution in [0.2, 0.25) is 5.02 Å². The largest absolute Gasteiger partial charge is 0.396 e. The third-order valence-electron chi connectivity index (χ3n) is 6.02. The summed E-state index contributed by atoms with van der Waals surface area (Å²) < 4.78 is 14.2. The first-order chi connectivity index (χ1) is 15.0. The molecule has 0 amide bonds. The van der Waals surface area contributed by atoms with Gasteiger partial charge < -0.3 is 15.5 Å². The number of aliphatic hydroxyl groups is 2. The van der Waals surface area contributed by atoms with Gasteiger partial charge in [0.15, 0.2) is 5.82 Å². The van der Waals surface area contributed by atoms with Crippen molar-refractivity contribution >= 4 is 11.6 Å². The minimum atomic E-state index is -0.592. The fraction of sp³-hybridized carbons (Fsp3) is 0.333. The molecule has 1 fully saturated rings. The van der Waals surface area contributed by atoms with E-state index in [0.717, 1.165) is 11.3 Å². The quantitative estimate of drug-likeness (QED) is 0.522. The van der Waals surface area contributed by atoms with Crippen LogP contribution in [0, 0.1) is 17.7 Å². The van der Waals surface area contributed by atoms with Crippen LogP contribution in [0.4, 0.5) is 4.39 Å². The van der Waals surface area contributed by atoms with Gasteiger partial charge in [0.1, 0.15) is 5.82 Å². The Morgan fingerprint density at radius 1 is 1.06 bits per heavy atom. The lowest BCUT2D eigenvalue weighted by Gasteiger charge is -2.25. The molecule has 0 radical (unpaired) electrons. The van der Waals surface area contributed by atoms with Gasteiger partial charge in [-0.05, 0) is 54.7 Å². The maximum Gasteiger partial charge on any atom is 0.162 e. The van der Waals surface area contributed by atoms with Crippen molar-refractivity contribution in [2.24, 2.45) is 11.8 Å². The molecule has 4 rings (SSSR count). The normalized spacial score (nSPS) is 23.2. The molecule has 4 atom stereocenters. The van der Waals surface area contributed by atoms with Gasteiger partial charge in [0.05, 0.1) is 11.7 Å². The number of rotatable bonds is 7. The standard InChI is InChI=1S/C24H25ClFN3O2/c25-16-7-5-15(6-8-16)13-28-22-12-23(31)20(14-30)19(22)11-17-9-10-27-24(29-17)18-3-1-2-4-21(18)26/h1-10,19-20,22-23,28,30-31H,11-14H2/t19-,20-,22-,23-/m1/s1. The molecule has 2 aromatic carbocycles. The van der Waals surface area contributed by atoms with Gasteiger partial charge in [-0.25, -0.2) is 14.4 Å². The molecule has 162 valence electrons. The van der Waals surface area contributed by atoms with Crippen molar-refractivity contribution in [3.63, 3.8) is 0 Å².